The van der Waals surface area contributed by atoms with Gasteiger partial charge in [0.25, 0.3) is 5.91 Å². The van der Waals surface area contributed by atoms with Gasteiger partial charge in [0, 0.05) is 25.4 Å². The zero-order chi connectivity index (χ0) is 12.4. The number of furan rings is 1. The van der Waals surface area contributed by atoms with Gasteiger partial charge in [-0.1, -0.05) is 0 Å². The van der Waals surface area contributed by atoms with Gasteiger partial charge < -0.3 is 9.32 Å². The molecule has 5 heteroatoms. The fraction of sp³-hybridized carbons (Fsp3) is 0.333. The molecule has 90 valence electrons. The second-order valence-electron chi connectivity index (χ2n) is 4.09. The number of aromatic amines is 1. The van der Waals surface area contributed by atoms with E-state index in [2.05, 4.69) is 10.2 Å². The molecule has 0 fully saturated rings. The molecule has 0 aliphatic rings. The van der Waals surface area contributed by atoms with E-state index in [1.165, 1.54) is 0 Å². The van der Waals surface area contributed by atoms with Crippen LogP contribution in [0.2, 0.25) is 0 Å². The number of nitrogens with zero attached hydrogens (tertiary/aromatic N) is 2. The molecular weight excluding hydrogens is 218 g/mol. The van der Waals surface area contributed by atoms with Gasteiger partial charge in [0.2, 0.25) is 0 Å². The first kappa shape index (κ1) is 11.4. The first-order chi connectivity index (χ1) is 8.08. The van der Waals surface area contributed by atoms with E-state index in [1.807, 2.05) is 6.92 Å². The number of aromatic nitrogens is 2. The van der Waals surface area contributed by atoms with E-state index >= 15 is 0 Å². The minimum absolute atomic E-state index is 0.0412. The molecule has 0 aliphatic heterocycles. The van der Waals surface area contributed by atoms with Crippen LogP contribution in [0.25, 0.3) is 0 Å². The SMILES string of the molecule is Cc1cc(C(=O)N(C)Cc2cn[nH]c2)c(C)o1. The molecule has 0 aromatic carbocycles. The van der Waals surface area contributed by atoms with E-state index in [4.69, 9.17) is 4.42 Å². The average Bonchev–Trinajstić information content (AvgIpc) is 2.87. The number of carbonyl (C=O) groups is 1. The minimum Gasteiger partial charge on any atom is -0.466 e. The Morgan fingerprint density at radius 2 is 2.29 bits per heavy atom. The van der Waals surface area contributed by atoms with Crippen LogP contribution in [0.3, 0.4) is 0 Å². The lowest BCUT2D eigenvalue weighted by Gasteiger charge is -2.15. The summed E-state index contributed by atoms with van der Waals surface area (Å²) in [5.74, 6) is 1.37. The van der Waals surface area contributed by atoms with Gasteiger partial charge >= 0.3 is 0 Å². The molecule has 2 heterocycles. The smallest absolute Gasteiger partial charge is 0.257 e. The van der Waals surface area contributed by atoms with Crippen molar-refractivity contribution in [2.75, 3.05) is 7.05 Å². The van der Waals surface area contributed by atoms with Crippen molar-refractivity contribution in [1.29, 1.82) is 0 Å². The highest BCUT2D eigenvalue weighted by Gasteiger charge is 2.17. The topological polar surface area (TPSA) is 62.1 Å². The van der Waals surface area contributed by atoms with Crippen molar-refractivity contribution in [3.63, 3.8) is 0 Å². The third kappa shape index (κ3) is 2.38. The van der Waals surface area contributed by atoms with Gasteiger partial charge in [-0.15, -0.1) is 0 Å². The van der Waals surface area contributed by atoms with Crippen molar-refractivity contribution in [3.05, 3.63) is 41.1 Å². The van der Waals surface area contributed by atoms with Gasteiger partial charge in [0.1, 0.15) is 11.5 Å². The minimum atomic E-state index is -0.0412. The number of carbonyl (C=O) groups excluding carboxylic acids is 1. The van der Waals surface area contributed by atoms with Crippen LogP contribution in [0, 0.1) is 13.8 Å². The van der Waals surface area contributed by atoms with E-state index < -0.39 is 0 Å². The summed E-state index contributed by atoms with van der Waals surface area (Å²) >= 11 is 0. The number of rotatable bonds is 3. The maximum atomic E-state index is 12.1. The number of hydrogen-bond donors (Lipinski definition) is 1. The van der Waals surface area contributed by atoms with Crippen molar-refractivity contribution in [1.82, 2.24) is 15.1 Å². The fourth-order valence-corrected chi connectivity index (χ4v) is 1.76. The molecule has 0 spiro atoms. The van der Waals surface area contributed by atoms with Gasteiger partial charge in [-0.3, -0.25) is 9.89 Å². The Hall–Kier alpha value is -2.04. The second kappa shape index (κ2) is 4.45. The average molecular weight is 233 g/mol. The summed E-state index contributed by atoms with van der Waals surface area (Å²) in [6.45, 7) is 4.16. The molecule has 0 atom stereocenters. The quantitative estimate of drug-likeness (QED) is 0.880. The molecule has 0 radical (unpaired) electrons. The summed E-state index contributed by atoms with van der Waals surface area (Å²) in [6.07, 6.45) is 3.48. The van der Waals surface area contributed by atoms with Gasteiger partial charge in [-0.2, -0.15) is 5.10 Å². The van der Waals surface area contributed by atoms with Crippen LogP contribution < -0.4 is 0 Å². The van der Waals surface area contributed by atoms with Crippen LogP contribution in [0.5, 0.6) is 0 Å². The Balaban J connectivity index is 2.12. The van der Waals surface area contributed by atoms with Crippen molar-refractivity contribution in [2.24, 2.45) is 0 Å². The predicted octanol–water partition coefficient (Wildman–Crippen LogP) is 1.89. The van der Waals surface area contributed by atoms with Crippen molar-refractivity contribution in [2.45, 2.75) is 20.4 Å². The van der Waals surface area contributed by atoms with Crippen molar-refractivity contribution >= 4 is 5.91 Å². The van der Waals surface area contributed by atoms with Crippen LogP contribution in [0.4, 0.5) is 0 Å². The fourth-order valence-electron chi connectivity index (χ4n) is 1.76. The van der Waals surface area contributed by atoms with Gasteiger partial charge in [-0.05, 0) is 19.9 Å². The molecule has 0 bridgehead atoms. The molecule has 0 aliphatic carbocycles. The highest BCUT2D eigenvalue weighted by atomic mass is 16.3. The van der Waals surface area contributed by atoms with Gasteiger partial charge in [-0.25, -0.2) is 0 Å². The second-order valence-corrected chi connectivity index (χ2v) is 4.09. The maximum absolute atomic E-state index is 12.1. The van der Waals surface area contributed by atoms with Crippen LogP contribution in [0.1, 0.15) is 27.4 Å². The Morgan fingerprint density at radius 1 is 1.53 bits per heavy atom. The zero-order valence-electron chi connectivity index (χ0n) is 10.2. The molecule has 1 amide bonds. The van der Waals surface area contributed by atoms with Crippen LogP contribution in [0.15, 0.2) is 22.9 Å². The number of amides is 1. The van der Waals surface area contributed by atoms with Crippen LogP contribution >= 0.6 is 0 Å². The molecule has 0 unspecified atom stereocenters. The molecule has 2 aromatic rings. The lowest BCUT2D eigenvalue weighted by Crippen LogP contribution is -2.26. The Labute approximate surface area is 99.4 Å². The monoisotopic (exact) mass is 233 g/mol. The molecule has 0 saturated heterocycles. The molecule has 17 heavy (non-hydrogen) atoms. The highest BCUT2D eigenvalue weighted by Crippen LogP contribution is 2.16. The Morgan fingerprint density at radius 3 is 2.82 bits per heavy atom. The van der Waals surface area contributed by atoms with Gasteiger partial charge in [0.15, 0.2) is 0 Å². The predicted molar refractivity (Wildman–Crippen MR) is 62.6 cm³/mol. The van der Waals surface area contributed by atoms with Crippen molar-refractivity contribution in [3.8, 4) is 0 Å². The third-order valence-corrected chi connectivity index (χ3v) is 2.59. The number of nitrogens with one attached hydrogen (secondary N) is 1. The largest absolute Gasteiger partial charge is 0.466 e. The van der Waals surface area contributed by atoms with Crippen LogP contribution in [-0.2, 0) is 6.54 Å². The molecule has 2 rings (SSSR count). The lowest BCUT2D eigenvalue weighted by atomic mass is 10.2. The Kier molecular flexibility index (Phi) is 2.99. The van der Waals surface area contributed by atoms with E-state index in [1.54, 1.807) is 37.3 Å². The summed E-state index contributed by atoms with van der Waals surface area (Å²) in [5.41, 5.74) is 1.59. The van der Waals surface area contributed by atoms with E-state index in [-0.39, 0.29) is 5.91 Å². The molecule has 2 aromatic heterocycles. The molecular formula is C12H15N3O2. The van der Waals surface area contributed by atoms with E-state index in [9.17, 15) is 4.79 Å². The van der Waals surface area contributed by atoms with Crippen LogP contribution in [-0.4, -0.2) is 28.1 Å². The zero-order valence-corrected chi connectivity index (χ0v) is 10.2. The Bertz CT molecular complexity index is 514. The first-order valence-corrected chi connectivity index (χ1v) is 5.38. The normalized spacial score (nSPS) is 10.5. The first-order valence-electron chi connectivity index (χ1n) is 5.38. The third-order valence-electron chi connectivity index (χ3n) is 2.59. The lowest BCUT2D eigenvalue weighted by molar-refractivity contribution is 0.0783. The molecule has 1 N–H and O–H groups in total. The summed E-state index contributed by atoms with van der Waals surface area (Å²) in [7, 11) is 1.76. The standard InChI is InChI=1S/C12H15N3O2/c1-8-4-11(9(2)17-8)12(16)15(3)7-10-5-13-14-6-10/h4-6H,7H2,1-3H3,(H,13,14). The summed E-state index contributed by atoms with van der Waals surface area (Å²) in [4.78, 5) is 13.8. The van der Waals surface area contributed by atoms with Gasteiger partial charge in [0.05, 0.1) is 11.8 Å². The highest BCUT2D eigenvalue weighted by molar-refractivity contribution is 5.95. The number of hydrogen-bond acceptors (Lipinski definition) is 3. The molecule has 0 saturated carbocycles. The molecule has 5 nitrogen and oxygen atoms in total. The van der Waals surface area contributed by atoms with Crippen molar-refractivity contribution < 1.29 is 9.21 Å². The van der Waals surface area contributed by atoms with E-state index in [0.29, 0.717) is 17.9 Å². The van der Waals surface area contributed by atoms with E-state index in [0.717, 1.165) is 11.3 Å². The maximum Gasteiger partial charge on any atom is 0.257 e. The summed E-state index contributed by atoms with van der Waals surface area (Å²) < 4.78 is 5.35. The number of H-pyrrole nitrogens is 1. The summed E-state index contributed by atoms with van der Waals surface area (Å²) in [6, 6.07) is 1.77. The number of aryl methyl sites for hydroxylation is 2. The summed E-state index contributed by atoms with van der Waals surface area (Å²) in [5, 5.41) is 6.57.